The molecule has 3 heteroatoms. The smallest absolute Gasteiger partial charge is 0.191 e. The van der Waals surface area contributed by atoms with Gasteiger partial charge in [-0.05, 0) is 25.2 Å². The third kappa shape index (κ3) is 8.16. The molecular weight excluding hydrogens is 198 g/mol. The van der Waals surface area contributed by atoms with Gasteiger partial charge in [-0.1, -0.05) is 26.7 Å². The summed E-state index contributed by atoms with van der Waals surface area (Å²) in [5, 5.41) is 6.37. The Morgan fingerprint density at radius 3 is 2.50 bits per heavy atom. The summed E-state index contributed by atoms with van der Waals surface area (Å²) in [6.45, 7) is 9.43. The maximum absolute atomic E-state index is 5.18. The Bertz CT molecular complexity index is 255. The van der Waals surface area contributed by atoms with Gasteiger partial charge in [0.2, 0.25) is 0 Å². The van der Waals surface area contributed by atoms with Crippen molar-refractivity contribution in [2.45, 2.75) is 46.6 Å². The SMILES string of the molecule is C#CCNC(=NC)NC(C)CCC(C)(C)C. The molecule has 0 heterocycles. The van der Waals surface area contributed by atoms with Crippen LogP contribution >= 0.6 is 0 Å². The molecular formula is C13H25N3. The minimum Gasteiger partial charge on any atom is -0.354 e. The van der Waals surface area contributed by atoms with Crippen LogP contribution in [0.15, 0.2) is 4.99 Å². The lowest BCUT2D eigenvalue weighted by Crippen LogP contribution is -2.42. The molecule has 0 bridgehead atoms. The fourth-order valence-corrected chi connectivity index (χ4v) is 1.28. The number of rotatable bonds is 4. The second-order valence-corrected chi connectivity index (χ2v) is 5.27. The van der Waals surface area contributed by atoms with E-state index in [0.29, 0.717) is 18.0 Å². The van der Waals surface area contributed by atoms with Gasteiger partial charge in [-0.15, -0.1) is 6.42 Å². The molecule has 92 valence electrons. The number of nitrogens with zero attached hydrogens (tertiary/aromatic N) is 1. The number of nitrogens with one attached hydrogen (secondary N) is 2. The molecule has 0 fully saturated rings. The Morgan fingerprint density at radius 2 is 2.06 bits per heavy atom. The molecule has 1 atom stereocenters. The van der Waals surface area contributed by atoms with Crippen LogP contribution in [0.25, 0.3) is 0 Å². The van der Waals surface area contributed by atoms with Gasteiger partial charge in [0.05, 0.1) is 6.54 Å². The van der Waals surface area contributed by atoms with Gasteiger partial charge in [0.25, 0.3) is 0 Å². The molecule has 0 aliphatic carbocycles. The van der Waals surface area contributed by atoms with Crippen molar-refractivity contribution in [3.05, 3.63) is 0 Å². The Balaban J connectivity index is 3.94. The average Bonchev–Trinajstić information content (AvgIpc) is 2.20. The van der Waals surface area contributed by atoms with Gasteiger partial charge in [0, 0.05) is 13.1 Å². The first-order chi connectivity index (χ1) is 7.39. The average molecular weight is 223 g/mol. The van der Waals surface area contributed by atoms with Crippen molar-refractivity contribution in [1.29, 1.82) is 0 Å². The van der Waals surface area contributed by atoms with Crippen LogP contribution in [-0.4, -0.2) is 25.6 Å². The minimum absolute atomic E-state index is 0.381. The van der Waals surface area contributed by atoms with E-state index >= 15 is 0 Å². The number of terminal acetylenes is 1. The summed E-state index contributed by atoms with van der Waals surface area (Å²) in [4.78, 5) is 4.11. The van der Waals surface area contributed by atoms with Crippen LogP contribution in [0.3, 0.4) is 0 Å². The molecule has 0 aromatic rings. The molecule has 0 aromatic heterocycles. The Morgan fingerprint density at radius 1 is 1.44 bits per heavy atom. The lowest BCUT2D eigenvalue weighted by Gasteiger charge is -2.22. The largest absolute Gasteiger partial charge is 0.354 e. The van der Waals surface area contributed by atoms with Crippen LogP contribution in [0.1, 0.15) is 40.5 Å². The standard InChI is InChI=1S/C13H25N3/c1-7-10-15-12(14-6)16-11(2)8-9-13(3,4)5/h1,11H,8-10H2,2-6H3,(H2,14,15,16). The van der Waals surface area contributed by atoms with Crippen LogP contribution in [0.2, 0.25) is 0 Å². The number of hydrogen-bond acceptors (Lipinski definition) is 1. The second-order valence-electron chi connectivity index (χ2n) is 5.27. The molecule has 0 saturated carbocycles. The van der Waals surface area contributed by atoms with Crippen molar-refractivity contribution in [1.82, 2.24) is 10.6 Å². The van der Waals surface area contributed by atoms with E-state index in [4.69, 9.17) is 6.42 Å². The summed E-state index contributed by atoms with van der Waals surface area (Å²) < 4.78 is 0. The summed E-state index contributed by atoms with van der Waals surface area (Å²) in [6.07, 6.45) is 7.50. The van der Waals surface area contributed by atoms with E-state index in [-0.39, 0.29) is 0 Å². The topological polar surface area (TPSA) is 36.4 Å². The molecule has 0 radical (unpaired) electrons. The lowest BCUT2D eigenvalue weighted by atomic mass is 9.89. The second kappa shape index (κ2) is 7.16. The first kappa shape index (κ1) is 14.8. The van der Waals surface area contributed by atoms with Crippen molar-refractivity contribution in [3.8, 4) is 12.3 Å². The van der Waals surface area contributed by atoms with Crippen molar-refractivity contribution < 1.29 is 0 Å². The monoisotopic (exact) mass is 223 g/mol. The van der Waals surface area contributed by atoms with Gasteiger partial charge >= 0.3 is 0 Å². The summed E-state index contributed by atoms with van der Waals surface area (Å²) in [6, 6.07) is 0.406. The summed E-state index contributed by atoms with van der Waals surface area (Å²) >= 11 is 0. The number of hydrogen-bond donors (Lipinski definition) is 2. The van der Waals surface area contributed by atoms with Gasteiger partial charge in [0.15, 0.2) is 5.96 Å². The number of guanidine groups is 1. The summed E-state index contributed by atoms with van der Waals surface area (Å²) in [5.41, 5.74) is 0.381. The van der Waals surface area contributed by atoms with Gasteiger partial charge in [-0.2, -0.15) is 0 Å². The molecule has 16 heavy (non-hydrogen) atoms. The Hall–Kier alpha value is -1.17. The molecule has 3 nitrogen and oxygen atoms in total. The van der Waals surface area contributed by atoms with E-state index in [2.05, 4.69) is 49.2 Å². The fraction of sp³-hybridized carbons (Fsp3) is 0.769. The first-order valence-electron chi connectivity index (χ1n) is 5.79. The highest BCUT2D eigenvalue weighted by Gasteiger charge is 2.12. The normalized spacial score (nSPS) is 14.1. The van der Waals surface area contributed by atoms with E-state index < -0.39 is 0 Å². The minimum atomic E-state index is 0.381. The van der Waals surface area contributed by atoms with Crippen LogP contribution < -0.4 is 10.6 Å². The zero-order valence-electron chi connectivity index (χ0n) is 11.2. The molecule has 2 N–H and O–H groups in total. The highest BCUT2D eigenvalue weighted by atomic mass is 15.2. The highest BCUT2D eigenvalue weighted by molar-refractivity contribution is 5.80. The first-order valence-corrected chi connectivity index (χ1v) is 5.79. The van der Waals surface area contributed by atoms with Crippen molar-refractivity contribution in [2.24, 2.45) is 10.4 Å². The third-order valence-corrected chi connectivity index (χ3v) is 2.29. The zero-order chi connectivity index (χ0) is 12.6. The van der Waals surface area contributed by atoms with Gasteiger partial charge in [-0.3, -0.25) is 4.99 Å². The third-order valence-electron chi connectivity index (χ3n) is 2.29. The quantitative estimate of drug-likeness (QED) is 0.434. The van der Waals surface area contributed by atoms with E-state index in [9.17, 15) is 0 Å². The van der Waals surface area contributed by atoms with Crippen LogP contribution in [0.4, 0.5) is 0 Å². The van der Waals surface area contributed by atoms with Crippen molar-refractivity contribution in [2.75, 3.05) is 13.6 Å². The van der Waals surface area contributed by atoms with E-state index in [1.807, 2.05) is 0 Å². The fourth-order valence-electron chi connectivity index (χ4n) is 1.28. The van der Waals surface area contributed by atoms with Gasteiger partial charge < -0.3 is 10.6 Å². The van der Waals surface area contributed by atoms with Gasteiger partial charge in [0.1, 0.15) is 0 Å². The van der Waals surface area contributed by atoms with E-state index in [1.165, 1.54) is 6.42 Å². The number of aliphatic imine (C=N–C) groups is 1. The van der Waals surface area contributed by atoms with Crippen LogP contribution in [0, 0.1) is 17.8 Å². The lowest BCUT2D eigenvalue weighted by molar-refractivity contribution is 0.346. The highest BCUT2D eigenvalue weighted by Crippen LogP contribution is 2.21. The molecule has 0 aromatic carbocycles. The molecule has 0 spiro atoms. The van der Waals surface area contributed by atoms with Crippen molar-refractivity contribution in [3.63, 3.8) is 0 Å². The maximum atomic E-state index is 5.18. The van der Waals surface area contributed by atoms with Crippen LogP contribution in [0.5, 0.6) is 0 Å². The van der Waals surface area contributed by atoms with E-state index in [0.717, 1.165) is 12.4 Å². The Kier molecular flexibility index (Phi) is 6.64. The molecule has 0 saturated heterocycles. The van der Waals surface area contributed by atoms with Crippen molar-refractivity contribution >= 4 is 5.96 Å². The zero-order valence-corrected chi connectivity index (χ0v) is 11.2. The maximum Gasteiger partial charge on any atom is 0.191 e. The summed E-state index contributed by atoms with van der Waals surface area (Å²) in [7, 11) is 1.75. The van der Waals surface area contributed by atoms with Gasteiger partial charge in [-0.25, -0.2) is 0 Å². The van der Waals surface area contributed by atoms with Crippen LogP contribution in [-0.2, 0) is 0 Å². The Labute approximate surface area is 100 Å². The molecule has 0 amide bonds. The molecule has 0 rings (SSSR count). The predicted octanol–water partition coefficient (Wildman–Crippen LogP) is 2.00. The molecule has 1 unspecified atom stereocenters. The molecule has 0 aliphatic heterocycles. The summed E-state index contributed by atoms with van der Waals surface area (Å²) in [5.74, 6) is 3.31. The predicted molar refractivity (Wildman–Crippen MR) is 71.5 cm³/mol. The van der Waals surface area contributed by atoms with E-state index in [1.54, 1.807) is 7.05 Å². The molecule has 0 aliphatic rings.